The number of benzene rings is 1. The fourth-order valence-corrected chi connectivity index (χ4v) is 2.33. The van der Waals surface area contributed by atoms with Crippen LogP contribution in [0, 0.1) is 12.8 Å². The van der Waals surface area contributed by atoms with Crippen LogP contribution < -0.4 is 15.4 Å². The molecule has 22 heavy (non-hydrogen) atoms. The highest BCUT2D eigenvalue weighted by Gasteiger charge is 2.25. The number of rotatable bonds is 6. The Bertz CT molecular complexity index is 541. The number of methoxy groups -OCH3 is 1. The van der Waals surface area contributed by atoms with Crippen molar-refractivity contribution in [2.24, 2.45) is 5.92 Å². The van der Waals surface area contributed by atoms with Gasteiger partial charge in [0.05, 0.1) is 13.2 Å². The summed E-state index contributed by atoms with van der Waals surface area (Å²) in [7, 11) is 1.61. The van der Waals surface area contributed by atoms with Crippen molar-refractivity contribution in [3.05, 3.63) is 29.3 Å². The lowest BCUT2D eigenvalue weighted by atomic mass is 10.0. The summed E-state index contributed by atoms with van der Waals surface area (Å²) < 4.78 is 5.35. The number of hydrogen-bond acceptors (Lipinski definition) is 3. The van der Waals surface area contributed by atoms with Crippen molar-refractivity contribution in [3.63, 3.8) is 0 Å². The third-order valence-corrected chi connectivity index (χ3v) is 3.52. The monoisotopic (exact) mass is 306 g/mol. The largest absolute Gasteiger partial charge is 0.496 e. The average molecular weight is 306 g/mol. The second kappa shape index (κ2) is 7.82. The van der Waals surface area contributed by atoms with Crippen LogP contribution in [0.3, 0.4) is 0 Å². The molecule has 0 aliphatic rings. The maximum atomic E-state index is 12.4. The predicted molar refractivity (Wildman–Crippen MR) is 86.7 cm³/mol. The van der Waals surface area contributed by atoms with Gasteiger partial charge in [-0.3, -0.25) is 9.59 Å². The van der Waals surface area contributed by atoms with Gasteiger partial charge in [-0.25, -0.2) is 0 Å². The smallest absolute Gasteiger partial charge is 0.243 e. The number of ether oxygens (including phenoxy) is 1. The van der Waals surface area contributed by atoms with E-state index >= 15 is 0 Å². The molecule has 0 aliphatic heterocycles. The summed E-state index contributed by atoms with van der Waals surface area (Å²) in [5.41, 5.74) is 2.01. The van der Waals surface area contributed by atoms with E-state index in [2.05, 4.69) is 10.6 Å². The van der Waals surface area contributed by atoms with E-state index in [9.17, 15) is 9.59 Å². The van der Waals surface area contributed by atoms with Crippen molar-refractivity contribution in [1.82, 2.24) is 10.6 Å². The SMILES string of the molecule is COc1ccc(C)cc1[C@@H](C)NC(=O)[C@H](NC(C)=O)C(C)C. The second-order valence-electron chi connectivity index (χ2n) is 5.90. The molecule has 0 radical (unpaired) electrons. The van der Waals surface area contributed by atoms with E-state index in [1.54, 1.807) is 7.11 Å². The number of nitrogens with one attached hydrogen (secondary N) is 2. The van der Waals surface area contributed by atoms with Crippen LogP contribution in [0.2, 0.25) is 0 Å². The van der Waals surface area contributed by atoms with E-state index in [1.807, 2.05) is 45.9 Å². The minimum atomic E-state index is -0.546. The highest BCUT2D eigenvalue weighted by atomic mass is 16.5. The summed E-state index contributed by atoms with van der Waals surface area (Å²) in [6.45, 7) is 9.11. The molecule has 1 aromatic carbocycles. The lowest BCUT2D eigenvalue weighted by molar-refractivity contribution is -0.129. The highest BCUT2D eigenvalue weighted by Crippen LogP contribution is 2.26. The summed E-state index contributed by atoms with van der Waals surface area (Å²) in [6, 6.07) is 5.09. The molecule has 5 nitrogen and oxygen atoms in total. The first kappa shape index (κ1) is 18.0. The lowest BCUT2D eigenvalue weighted by Crippen LogP contribution is -2.49. The zero-order valence-electron chi connectivity index (χ0n) is 14.2. The van der Waals surface area contributed by atoms with E-state index in [-0.39, 0.29) is 23.8 Å². The molecule has 1 rings (SSSR count). The molecular formula is C17H26N2O3. The summed E-state index contributed by atoms with van der Waals surface area (Å²) in [4.78, 5) is 23.7. The van der Waals surface area contributed by atoms with E-state index in [0.29, 0.717) is 0 Å². The van der Waals surface area contributed by atoms with Gasteiger partial charge < -0.3 is 15.4 Å². The number of aryl methyl sites for hydroxylation is 1. The van der Waals surface area contributed by atoms with Crippen LogP contribution >= 0.6 is 0 Å². The molecule has 0 heterocycles. The van der Waals surface area contributed by atoms with E-state index in [1.165, 1.54) is 6.92 Å². The predicted octanol–water partition coefficient (Wildman–Crippen LogP) is 2.34. The molecule has 0 fully saturated rings. The Hall–Kier alpha value is -2.04. The van der Waals surface area contributed by atoms with Gasteiger partial charge in [0.15, 0.2) is 0 Å². The molecule has 2 N–H and O–H groups in total. The Morgan fingerprint density at radius 2 is 1.77 bits per heavy atom. The zero-order valence-corrected chi connectivity index (χ0v) is 14.2. The van der Waals surface area contributed by atoms with Gasteiger partial charge in [-0.2, -0.15) is 0 Å². The van der Waals surface area contributed by atoms with Crippen LogP contribution in [-0.4, -0.2) is 25.0 Å². The van der Waals surface area contributed by atoms with Crippen LogP contribution in [0.4, 0.5) is 0 Å². The van der Waals surface area contributed by atoms with Crippen molar-refractivity contribution in [2.45, 2.75) is 46.7 Å². The Kier molecular flexibility index (Phi) is 6.40. The third kappa shape index (κ3) is 4.76. The van der Waals surface area contributed by atoms with Crippen LogP contribution in [0.1, 0.15) is 44.9 Å². The number of carbonyl (C=O) groups excluding carboxylic acids is 2. The molecule has 0 spiro atoms. The molecule has 122 valence electrons. The van der Waals surface area contributed by atoms with Gasteiger partial charge in [0.2, 0.25) is 11.8 Å². The minimum Gasteiger partial charge on any atom is -0.496 e. The molecule has 2 amide bonds. The molecule has 0 aromatic heterocycles. The molecule has 0 saturated carbocycles. The molecule has 1 aromatic rings. The van der Waals surface area contributed by atoms with Crippen LogP contribution in [0.5, 0.6) is 5.75 Å². The maximum absolute atomic E-state index is 12.4. The number of hydrogen-bond donors (Lipinski definition) is 2. The van der Waals surface area contributed by atoms with Gasteiger partial charge >= 0.3 is 0 Å². The second-order valence-corrected chi connectivity index (χ2v) is 5.90. The Morgan fingerprint density at radius 1 is 1.14 bits per heavy atom. The van der Waals surface area contributed by atoms with Gasteiger partial charge in [-0.1, -0.05) is 31.5 Å². The van der Waals surface area contributed by atoms with Crippen molar-refractivity contribution >= 4 is 11.8 Å². The van der Waals surface area contributed by atoms with Crippen molar-refractivity contribution in [3.8, 4) is 5.75 Å². The summed E-state index contributed by atoms with van der Waals surface area (Å²) in [5, 5.41) is 5.64. The quantitative estimate of drug-likeness (QED) is 0.847. The first-order chi connectivity index (χ1) is 10.3. The van der Waals surface area contributed by atoms with Crippen molar-refractivity contribution in [2.75, 3.05) is 7.11 Å². The molecule has 0 saturated heterocycles. The van der Waals surface area contributed by atoms with Crippen LogP contribution in [0.15, 0.2) is 18.2 Å². The van der Waals surface area contributed by atoms with Gasteiger partial charge in [0.25, 0.3) is 0 Å². The number of carbonyl (C=O) groups is 2. The summed E-state index contributed by atoms with van der Waals surface area (Å²) in [6.07, 6.45) is 0. The van der Waals surface area contributed by atoms with Gasteiger partial charge in [-0.05, 0) is 25.8 Å². The average Bonchev–Trinajstić information content (AvgIpc) is 2.43. The zero-order chi connectivity index (χ0) is 16.9. The fourth-order valence-electron chi connectivity index (χ4n) is 2.33. The topological polar surface area (TPSA) is 67.4 Å². The van der Waals surface area contributed by atoms with E-state index < -0.39 is 6.04 Å². The molecule has 2 atom stereocenters. The van der Waals surface area contributed by atoms with E-state index in [4.69, 9.17) is 4.74 Å². The first-order valence-electron chi connectivity index (χ1n) is 7.48. The summed E-state index contributed by atoms with van der Waals surface area (Å²) in [5.74, 6) is 0.338. The fraction of sp³-hybridized carbons (Fsp3) is 0.529. The third-order valence-electron chi connectivity index (χ3n) is 3.52. The standard InChI is InChI=1S/C17H26N2O3/c1-10(2)16(19-13(5)20)17(21)18-12(4)14-9-11(3)7-8-15(14)22-6/h7-10,12,16H,1-6H3,(H,18,21)(H,19,20)/t12-,16-/m1/s1. The lowest BCUT2D eigenvalue weighted by Gasteiger charge is -2.24. The molecular weight excluding hydrogens is 280 g/mol. The normalized spacial score (nSPS) is 13.4. The molecule has 0 aliphatic carbocycles. The maximum Gasteiger partial charge on any atom is 0.243 e. The Morgan fingerprint density at radius 3 is 2.27 bits per heavy atom. The molecule has 0 unspecified atom stereocenters. The van der Waals surface area contributed by atoms with Crippen molar-refractivity contribution in [1.29, 1.82) is 0 Å². The van der Waals surface area contributed by atoms with Crippen molar-refractivity contribution < 1.29 is 14.3 Å². The summed E-state index contributed by atoms with van der Waals surface area (Å²) >= 11 is 0. The number of amides is 2. The molecule has 0 bridgehead atoms. The first-order valence-corrected chi connectivity index (χ1v) is 7.48. The van der Waals surface area contributed by atoms with E-state index in [0.717, 1.165) is 16.9 Å². The Labute approximate surface area is 132 Å². The van der Waals surface area contributed by atoms with Gasteiger partial charge in [0.1, 0.15) is 11.8 Å². The van der Waals surface area contributed by atoms with Gasteiger partial charge in [0, 0.05) is 12.5 Å². The minimum absolute atomic E-state index is 0.00973. The van der Waals surface area contributed by atoms with Crippen LogP contribution in [0.25, 0.3) is 0 Å². The van der Waals surface area contributed by atoms with Crippen LogP contribution in [-0.2, 0) is 9.59 Å². The Balaban J connectivity index is 2.90. The highest BCUT2D eigenvalue weighted by molar-refractivity contribution is 5.87. The molecule has 5 heteroatoms. The van der Waals surface area contributed by atoms with Gasteiger partial charge in [-0.15, -0.1) is 0 Å².